The highest BCUT2D eigenvalue weighted by Gasteiger charge is 2.31. The van der Waals surface area contributed by atoms with Gasteiger partial charge in [0.05, 0.1) is 11.8 Å². The highest BCUT2D eigenvalue weighted by molar-refractivity contribution is 5.90. The standard InChI is InChI=1S/C15H21N3O/c19-16-14-7-4-8-15(14)18-11-9-17(10-12-18)13-5-2-1-3-6-13/h1-3,5-6,15,19H,4,7-12H2/b16-14+/t15-/m0/s1. The van der Waals surface area contributed by atoms with Gasteiger partial charge < -0.3 is 10.1 Å². The number of nitrogens with zero attached hydrogens (tertiary/aromatic N) is 3. The molecule has 0 aromatic heterocycles. The molecule has 0 spiro atoms. The lowest BCUT2D eigenvalue weighted by Crippen LogP contribution is -2.51. The Balaban J connectivity index is 1.61. The van der Waals surface area contributed by atoms with Crippen molar-refractivity contribution in [2.24, 2.45) is 5.16 Å². The predicted octanol–water partition coefficient (Wildman–Crippen LogP) is 2.19. The average molecular weight is 259 g/mol. The maximum atomic E-state index is 9.05. The Morgan fingerprint density at radius 1 is 1.05 bits per heavy atom. The van der Waals surface area contributed by atoms with Gasteiger partial charge in [0, 0.05) is 31.9 Å². The van der Waals surface area contributed by atoms with Crippen LogP contribution >= 0.6 is 0 Å². The second kappa shape index (κ2) is 5.61. The molecule has 0 amide bonds. The first-order valence-electron chi connectivity index (χ1n) is 7.13. The van der Waals surface area contributed by atoms with Crippen molar-refractivity contribution in [1.82, 2.24) is 4.90 Å². The molecule has 1 aliphatic carbocycles. The van der Waals surface area contributed by atoms with E-state index in [1.807, 2.05) is 0 Å². The van der Waals surface area contributed by atoms with E-state index in [1.165, 1.54) is 5.69 Å². The van der Waals surface area contributed by atoms with Crippen LogP contribution in [0.5, 0.6) is 0 Å². The fraction of sp³-hybridized carbons (Fsp3) is 0.533. The van der Waals surface area contributed by atoms with Gasteiger partial charge in [-0.1, -0.05) is 23.4 Å². The zero-order chi connectivity index (χ0) is 13.1. The lowest BCUT2D eigenvalue weighted by molar-refractivity contribution is 0.221. The van der Waals surface area contributed by atoms with Crippen LogP contribution in [0, 0.1) is 0 Å². The van der Waals surface area contributed by atoms with Gasteiger partial charge in [0.1, 0.15) is 0 Å². The van der Waals surface area contributed by atoms with Crippen molar-refractivity contribution >= 4 is 11.4 Å². The molecule has 1 aliphatic heterocycles. The topological polar surface area (TPSA) is 39.1 Å². The minimum absolute atomic E-state index is 0.378. The fourth-order valence-corrected chi connectivity index (χ4v) is 3.25. The zero-order valence-electron chi connectivity index (χ0n) is 11.2. The van der Waals surface area contributed by atoms with Gasteiger partial charge in [0.25, 0.3) is 0 Å². The Morgan fingerprint density at radius 2 is 1.79 bits per heavy atom. The molecule has 0 radical (unpaired) electrons. The number of piperazine rings is 1. The maximum absolute atomic E-state index is 9.05. The van der Waals surface area contributed by atoms with Crippen LogP contribution in [0.25, 0.3) is 0 Å². The molecule has 1 saturated heterocycles. The van der Waals surface area contributed by atoms with Crippen molar-refractivity contribution in [3.63, 3.8) is 0 Å². The molecule has 1 saturated carbocycles. The lowest BCUT2D eigenvalue weighted by atomic mass is 10.1. The van der Waals surface area contributed by atoms with Gasteiger partial charge in [-0.2, -0.15) is 0 Å². The SMILES string of the molecule is O/N=C1\CCC[C@@H]1N1CCN(c2ccccc2)CC1. The Bertz CT molecular complexity index is 438. The van der Waals surface area contributed by atoms with E-state index >= 15 is 0 Å². The van der Waals surface area contributed by atoms with Gasteiger partial charge in [-0.25, -0.2) is 0 Å². The summed E-state index contributed by atoms with van der Waals surface area (Å²) in [6.07, 6.45) is 3.26. The molecule has 1 heterocycles. The van der Waals surface area contributed by atoms with Gasteiger partial charge in [0.15, 0.2) is 0 Å². The summed E-state index contributed by atoms with van der Waals surface area (Å²) in [4.78, 5) is 4.91. The molecule has 0 bridgehead atoms. The molecule has 3 rings (SSSR count). The fourth-order valence-electron chi connectivity index (χ4n) is 3.25. The number of hydrogen-bond acceptors (Lipinski definition) is 4. The molecule has 1 N–H and O–H groups in total. The van der Waals surface area contributed by atoms with E-state index in [0.717, 1.165) is 51.2 Å². The summed E-state index contributed by atoms with van der Waals surface area (Å²) in [5, 5.41) is 12.5. The molecule has 4 heteroatoms. The number of oxime groups is 1. The van der Waals surface area contributed by atoms with Crippen molar-refractivity contribution in [3.05, 3.63) is 30.3 Å². The first-order valence-corrected chi connectivity index (χ1v) is 7.13. The van der Waals surface area contributed by atoms with Gasteiger partial charge in [-0.05, 0) is 31.4 Å². The van der Waals surface area contributed by atoms with E-state index in [2.05, 4.69) is 45.3 Å². The Morgan fingerprint density at radius 3 is 2.47 bits per heavy atom. The highest BCUT2D eigenvalue weighted by Crippen LogP contribution is 2.24. The van der Waals surface area contributed by atoms with E-state index in [9.17, 15) is 0 Å². The summed E-state index contributed by atoms with van der Waals surface area (Å²) in [6, 6.07) is 11.0. The largest absolute Gasteiger partial charge is 0.411 e. The number of benzene rings is 1. The number of rotatable bonds is 2. The average Bonchev–Trinajstić information content (AvgIpc) is 2.97. The van der Waals surface area contributed by atoms with Gasteiger partial charge in [0.2, 0.25) is 0 Å². The van der Waals surface area contributed by atoms with E-state index in [0.29, 0.717) is 6.04 Å². The molecular weight excluding hydrogens is 238 g/mol. The lowest BCUT2D eigenvalue weighted by Gasteiger charge is -2.39. The first kappa shape index (κ1) is 12.5. The molecule has 1 aromatic carbocycles. The van der Waals surface area contributed by atoms with Crippen LogP contribution in [0.3, 0.4) is 0 Å². The quantitative estimate of drug-likeness (QED) is 0.653. The maximum Gasteiger partial charge on any atom is 0.0742 e. The molecule has 1 atom stereocenters. The van der Waals surface area contributed by atoms with Crippen LogP contribution in [-0.2, 0) is 0 Å². The normalized spacial score (nSPS) is 27.1. The van der Waals surface area contributed by atoms with Crippen LogP contribution in [0.4, 0.5) is 5.69 Å². The molecule has 4 nitrogen and oxygen atoms in total. The predicted molar refractivity (Wildman–Crippen MR) is 77.1 cm³/mol. The summed E-state index contributed by atoms with van der Waals surface area (Å²) in [5.41, 5.74) is 2.29. The van der Waals surface area contributed by atoms with E-state index in [1.54, 1.807) is 0 Å². The molecule has 0 unspecified atom stereocenters. The highest BCUT2D eigenvalue weighted by atomic mass is 16.4. The molecule has 2 fully saturated rings. The Hall–Kier alpha value is -1.55. The third kappa shape index (κ3) is 2.59. The van der Waals surface area contributed by atoms with Crippen molar-refractivity contribution in [2.45, 2.75) is 25.3 Å². The van der Waals surface area contributed by atoms with Gasteiger partial charge in [-0.15, -0.1) is 0 Å². The third-order valence-electron chi connectivity index (χ3n) is 4.30. The second-order valence-electron chi connectivity index (χ2n) is 5.36. The second-order valence-corrected chi connectivity index (χ2v) is 5.36. The number of anilines is 1. The summed E-state index contributed by atoms with van der Waals surface area (Å²) in [7, 11) is 0. The number of hydrogen-bond donors (Lipinski definition) is 1. The monoisotopic (exact) mass is 259 g/mol. The van der Waals surface area contributed by atoms with Crippen molar-refractivity contribution in [3.8, 4) is 0 Å². The summed E-state index contributed by atoms with van der Waals surface area (Å²) >= 11 is 0. The van der Waals surface area contributed by atoms with Gasteiger partial charge in [-0.3, -0.25) is 4.90 Å². The van der Waals surface area contributed by atoms with Crippen LogP contribution in [0.1, 0.15) is 19.3 Å². The molecule has 19 heavy (non-hydrogen) atoms. The Labute approximate surface area is 114 Å². The molecule has 1 aromatic rings. The van der Waals surface area contributed by atoms with E-state index in [-0.39, 0.29) is 0 Å². The van der Waals surface area contributed by atoms with Crippen molar-refractivity contribution in [1.29, 1.82) is 0 Å². The molecular formula is C15H21N3O. The van der Waals surface area contributed by atoms with Crippen LogP contribution < -0.4 is 4.90 Å². The first-order chi connectivity index (χ1) is 9.38. The Kier molecular flexibility index (Phi) is 3.69. The van der Waals surface area contributed by atoms with Crippen molar-refractivity contribution < 1.29 is 5.21 Å². The van der Waals surface area contributed by atoms with E-state index < -0.39 is 0 Å². The van der Waals surface area contributed by atoms with E-state index in [4.69, 9.17) is 5.21 Å². The van der Waals surface area contributed by atoms with Crippen LogP contribution in [-0.4, -0.2) is 48.0 Å². The molecule has 2 aliphatic rings. The minimum Gasteiger partial charge on any atom is -0.411 e. The zero-order valence-corrected chi connectivity index (χ0v) is 11.2. The van der Waals surface area contributed by atoms with Gasteiger partial charge >= 0.3 is 0 Å². The third-order valence-corrected chi connectivity index (χ3v) is 4.30. The van der Waals surface area contributed by atoms with Crippen molar-refractivity contribution in [2.75, 3.05) is 31.1 Å². The van der Waals surface area contributed by atoms with Crippen LogP contribution in [0.15, 0.2) is 35.5 Å². The molecule has 102 valence electrons. The smallest absolute Gasteiger partial charge is 0.0742 e. The minimum atomic E-state index is 0.378. The summed E-state index contributed by atoms with van der Waals surface area (Å²) < 4.78 is 0. The van der Waals surface area contributed by atoms with Crippen LogP contribution in [0.2, 0.25) is 0 Å². The number of para-hydroxylation sites is 1. The summed E-state index contributed by atoms with van der Waals surface area (Å²) in [5.74, 6) is 0. The summed E-state index contributed by atoms with van der Waals surface area (Å²) in [6.45, 7) is 4.22.